The van der Waals surface area contributed by atoms with Crippen molar-refractivity contribution in [3.63, 3.8) is 0 Å². The molecule has 2 aromatic carbocycles. The smallest absolute Gasteiger partial charge is 0.307 e. The number of H-pyrrole nitrogens is 1. The number of aromatic amines is 1. The van der Waals surface area contributed by atoms with E-state index in [2.05, 4.69) is 9.98 Å². The molecule has 1 aromatic heterocycles. The van der Waals surface area contributed by atoms with Crippen molar-refractivity contribution in [2.24, 2.45) is 10.9 Å². The van der Waals surface area contributed by atoms with Crippen LogP contribution in [0.25, 0.3) is 10.9 Å². The number of hydrogen-bond acceptors (Lipinski definition) is 8. The van der Waals surface area contributed by atoms with E-state index in [0.29, 0.717) is 43.4 Å². The highest BCUT2D eigenvalue weighted by Crippen LogP contribution is 2.38. The van der Waals surface area contributed by atoms with Gasteiger partial charge in [-0.05, 0) is 42.8 Å². The van der Waals surface area contributed by atoms with Crippen LogP contribution in [0.1, 0.15) is 31.9 Å². The predicted molar refractivity (Wildman–Crippen MR) is 147 cm³/mol. The van der Waals surface area contributed by atoms with E-state index in [1.165, 1.54) is 30.2 Å². The minimum Gasteiger partial charge on any atom is -0.488 e. The third-order valence-electron chi connectivity index (χ3n) is 6.73. The number of carboxylic acid groups (broad SMARTS) is 1. The number of aliphatic carboxylic acids is 1. The third-order valence-corrected chi connectivity index (χ3v) is 9.21. The summed E-state index contributed by atoms with van der Waals surface area (Å²) in [6.45, 7) is 3.63. The molecule has 0 radical (unpaired) electrons. The van der Waals surface area contributed by atoms with Gasteiger partial charge in [0.2, 0.25) is 0 Å². The first-order chi connectivity index (χ1) is 18.2. The van der Waals surface area contributed by atoms with E-state index in [-0.39, 0.29) is 16.2 Å². The van der Waals surface area contributed by atoms with Crippen LogP contribution in [-0.4, -0.2) is 66.9 Å². The van der Waals surface area contributed by atoms with E-state index in [0.717, 1.165) is 34.5 Å². The number of rotatable bonds is 9. The second-order valence-electron chi connectivity index (χ2n) is 9.50. The lowest BCUT2D eigenvalue weighted by atomic mass is 10.0. The highest BCUT2D eigenvalue weighted by atomic mass is 32.2. The number of carbonyl (C=O) groups is 1. The van der Waals surface area contributed by atoms with Crippen molar-refractivity contribution in [1.82, 2.24) is 4.98 Å². The molecular formula is C27H30N2O7S2. The number of nitrogens with zero attached hydrogens (tertiary/aromatic N) is 1. The number of hydrogen-bond donors (Lipinski definition) is 2. The van der Waals surface area contributed by atoms with Crippen molar-refractivity contribution in [3.8, 4) is 17.2 Å². The van der Waals surface area contributed by atoms with Gasteiger partial charge in [-0.25, -0.2) is 8.42 Å². The molecule has 2 N–H and O–H groups in total. The zero-order valence-electron chi connectivity index (χ0n) is 21.2. The van der Waals surface area contributed by atoms with Crippen LogP contribution in [0, 0.1) is 5.92 Å². The lowest BCUT2D eigenvalue weighted by Gasteiger charge is -2.24. The van der Waals surface area contributed by atoms with E-state index >= 15 is 0 Å². The normalized spacial score (nSPS) is 19.3. The van der Waals surface area contributed by atoms with Gasteiger partial charge in [0.15, 0.2) is 9.84 Å². The van der Waals surface area contributed by atoms with E-state index in [4.69, 9.17) is 14.2 Å². The Morgan fingerprint density at radius 2 is 1.92 bits per heavy atom. The number of aliphatic imine (C=N–C) groups is 1. The molecule has 3 aromatic rings. The molecule has 2 aliphatic rings. The summed E-state index contributed by atoms with van der Waals surface area (Å²) < 4.78 is 41.6. The lowest BCUT2D eigenvalue weighted by molar-refractivity contribution is -0.141. The molecule has 11 heteroatoms. The molecule has 0 saturated carbocycles. The van der Waals surface area contributed by atoms with Crippen molar-refractivity contribution in [1.29, 1.82) is 0 Å². The second kappa shape index (κ2) is 11.0. The van der Waals surface area contributed by atoms with Gasteiger partial charge >= 0.3 is 5.97 Å². The first kappa shape index (κ1) is 26.6. The van der Waals surface area contributed by atoms with E-state index < -0.39 is 21.7 Å². The van der Waals surface area contributed by atoms with Crippen LogP contribution >= 0.6 is 11.8 Å². The van der Waals surface area contributed by atoms with Crippen molar-refractivity contribution >= 4 is 43.5 Å². The summed E-state index contributed by atoms with van der Waals surface area (Å²) in [6.07, 6.45) is 3.29. The Balaban J connectivity index is 1.45. The minimum atomic E-state index is -3.30. The molecule has 0 spiro atoms. The summed E-state index contributed by atoms with van der Waals surface area (Å²) in [5.41, 5.74) is 1.61. The molecule has 5 rings (SSSR count). The Morgan fingerprint density at radius 1 is 1.18 bits per heavy atom. The number of aromatic nitrogens is 1. The Morgan fingerprint density at radius 3 is 2.58 bits per heavy atom. The molecule has 2 aliphatic heterocycles. The Kier molecular flexibility index (Phi) is 7.69. The number of benzene rings is 2. The Labute approximate surface area is 225 Å². The summed E-state index contributed by atoms with van der Waals surface area (Å²) in [4.78, 5) is 20.0. The third kappa shape index (κ3) is 5.84. The maximum Gasteiger partial charge on any atom is 0.307 e. The van der Waals surface area contributed by atoms with Crippen molar-refractivity contribution in [2.75, 3.05) is 26.0 Å². The molecule has 0 bridgehead atoms. The molecule has 3 heterocycles. The topological polar surface area (TPSA) is 127 Å². The molecule has 38 heavy (non-hydrogen) atoms. The molecule has 9 nitrogen and oxygen atoms in total. The quantitative estimate of drug-likeness (QED) is 0.380. The number of carboxylic acids is 1. The fourth-order valence-corrected chi connectivity index (χ4v) is 6.59. The molecule has 0 amide bonds. The van der Waals surface area contributed by atoms with Gasteiger partial charge in [0, 0.05) is 35.8 Å². The fraction of sp³-hybridized carbons (Fsp3) is 0.407. The molecule has 1 saturated heterocycles. The Bertz CT molecular complexity index is 1460. The van der Waals surface area contributed by atoms with Crippen molar-refractivity contribution < 1.29 is 32.5 Å². The Hall–Kier alpha value is -3.02. The first-order valence-electron chi connectivity index (χ1n) is 12.5. The average molecular weight is 559 g/mol. The van der Waals surface area contributed by atoms with Gasteiger partial charge < -0.3 is 24.3 Å². The number of fused-ring (bicyclic) bond motifs is 1. The van der Waals surface area contributed by atoms with Crippen LogP contribution in [-0.2, 0) is 19.4 Å². The molecule has 0 aliphatic carbocycles. The molecular weight excluding hydrogens is 528 g/mol. The van der Waals surface area contributed by atoms with E-state index in [1.54, 1.807) is 12.1 Å². The number of ether oxygens (including phenoxy) is 3. The van der Waals surface area contributed by atoms with Gasteiger partial charge in [-0.2, -0.15) is 0 Å². The number of sulfone groups is 1. The molecule has 2 unspecified atom stereocenters. The van der Waals surface area contributed by atoms with Crippen molar-refractivity contribution in [3.05, 3.63) is 48.2 Å². The number of nitrogens with one attached hydrogen (secondary N) is 1. The molecule has 1 fully saturated rings. The highest BCUT2D eigenvalue weighted by molar-refractivity contribution is 8.15. The standard InChI is InChI=1S/C27H30N2O7S2/c1-3-21(27(30)31)24-15-28-26(37-24)22-13-16-12-19(35-17-4-6-20(7-5-17)38(2,32)33)14-23(25(16)29-22)36-18-8-10-34-11-9-18/h4-7,12-14,18,21,24,29H,3,8-11,15H2,1-2H3,(H,30,31). The molecule has 2 atom stereocenters. The summed E-state index contributed by atoms with van der Waals surface area (Å²) in [5, 5.41) is 11.1. The number of thioether (sulfide) groups is 1. The fourth-order valence-electron chi connectivity index (χ4n) is 4.66. The second-order valence-corrected chi connectivity index (χ2v) is 12.7. The van der Waals surface area contributed by atoms with Gasteiger partial charge in [-0.1, -0.05) is 18.7 Å². The lowest BCUT2D eigenvalue weighted by Crippen LogP contribution is -2.26. The monoisotopic (exact) mass is 558 g/mol. The zero-order valence-corrected chi connectivity index (χ0v) is 22.8. The molecule has 202 valence electrons. The van der Waals surface area contributed by atoms with Gasteiger partial charge in [0.05, 0.1) is 41.8 Å². The summed E-state index contributed by atoms with van der Waals surface area (Å²) in [6, 6.07) is 12.0. The zero-order chi connectivity index (χ0) is 26.9. The van der Waals surface area contributed by atoms with Crippen LogP contribution in [0.4, 0.5) is 0 Å². The van der Waals surface area contributed by atoms with Gasteiger partial charge in [-0.15, -0.1) is 0 Å². The van der Waals surface area contributed by atoms with E-state index in [1.807, 2.05) is 25.1 Å². The van der Waals surface area contributed by atoms with Crippen LogP contribution in [0.5, 0.6) is 17.2 Å². The SMILES string of the molecule is CCC(C(=O)O)C1CN=C(c2cc3cc(Oc4ccc(S(C)(=O)=O)cc4)cc(OC4CCOCC4)c3[nH]2)S1. The van der Waals surface area contributed by atoms with Gasteiger partial charge in [-0.3, -0.25) is 9.79 Å². The summed E-state index contributed by atoms with van der Waals surface area (Å²) >= 11 is 1.49. The minimum absolute atomic E-state index is 0.00597. The van der Waals surface area contributed by atoms with E-state index in [9.17, 15) is 18.3 Å². The summed E-state index contributed by atoms with van der Waals surface area (Å²) in [5.74, 6) is 0.444. The van der Waals surface area contributed by atoms with Gasteiger partial charge in [0.1, 0.15) is 28.4 Å². The van der Waals surface area contributed by atoms with Crippen LogP contribution in [0.15, 0.2) is 52.4 Å². The maximum absolute atomic E-state index is 11.8. The largest absolute Gasteiger partial charge is 0.488 e. The highest BCUT2D eigenvalue weighted by Gasteiger charge is 2.33. The summed E-state index contributed by atoms with van der Waals surface area (Å²) in [7, 11) is -3.30. The first-order valence-corrected chi connectivity index (χ1v) is 15.3. The van der Waals surface area contributed by atoms with Crippen molar-refractivity contribution in [2.45, 2.75) is 42.4 Å². The van der Waals surface area contributed by atoms with Crippen LogP contribution < -0.4 is 9.47 Å². The average Bonchev–Trinajstić information content (AvgIpc) is 3.52. The van der Waals surface area contributed by atoms with Crippen LogP contribution in [0.3, 0.4) is 0 Å². The maximum atomic E-state index is 11.8. The van der Waals surface area contributed by atoms with Gasteiger partial charge in [0.25, 0.3) is 0 Å². The van der Waals surface area contributed by atoms with Crippen LogP contribution in [0.2, 0.25) is 0 Å². The predicted octanol–water partition coefficient (Wildman–Crippen LogP) is 4.89.